The van der Waals surface area contributed by atoms with Crippen LogP contribution in [-0.4, -0.2) is 32.9 Å². The van der Waals surface area contributed by atoms with E-state index < -0.39 is 0 Å². The molecule has 0 spiro atoms. The number of hydrogen-bond acceptors (Lipinski definition) is 7. The summed E-state index contributed by atoms with van der Waals surface area (Å²) in [5.41, 5.74) is 0.499. The minimum atomic E-state index is -0.0840. The van der Waals surface area contributed by atoms with Crippen LogP contribution in [0.3, 0.4) is 0 Å². The van der Waals surface area contributed by atoms with Crippen LogP contribution in [0.4, 0.5) is 0 Å². The van der Waals surface area contributed by atoms with Crippen molar-refractivity contribution in [2.75, 3.05) is 13.2 Å². The van der Waals surface area contributed by atoms with Gasteiger partial charge in [-0.25, -0.2) is 4.98 Å². The van der Waals surface area contributed by atoms with Gasteiger partial charge < -0.3 is 9.26 Å². The van der Waals surface area contributed by atoms with E-state index in [0.29, 0.717) is 64.2 Å². The lowest BCUT2D eigenvalue weighted by molar-refractivity contribution is 0.140. The number of ether oxygens (including phenoxy) is 1. The molecule has 3 rings (SSSR count). The molecule has 0 saturated heterocycles. The number of aromatic nitrogens is 4. The second-order valence-corrected chi connectivity index (χ2v) is 8.43. The van der Waals surface area contributed by atoms with Crippen LogP contribution in [-0.2, 0) is 23.5 Å². The Morgan fingerprint density at radius 1 is 1.31 bits per heavy atom. The highest BCUT2D eigenvalue weighted by molar-refractivity contribution is 7.98. The van der Waals surface area contributed by atoms with Crippen molar-refractivity contribution < 1.29 is 9.26 Å². The molecule has 2 aromatic heterocycles. The van der Waals surface area contributed by atoms with Crippen LogP contribution in [0.25, 0.3) is 10.9 Å². The molecule has 7 nitrogen and oxygen atoms in total. The van der Waals surface area contributed by atoms with Gasteiger partial charge in [0.05, 0.1) is 16.7 Å². The topological polar surface area (TPSA) is 83.0 Å². The molecule has 0 fully saturated rings. The Balaban J connectivity index is 1.85. The largest absolute Gasteiger partial charge is 0.382 e. The first-order valence-corrected chi connectivity index (χ1v) is 11.1. The van der Waals surface area contributed by atoms with Gasteiger partial charge in [-0.15, -0.1) is 0 Å². The van der Waals surface area contributed by atoms with Gasteiger partial charge >= 0.3 is 0 Å². The Bertz CT molecular complexity index is 1020. The maximum absolute atomic E-state index is 13.0. The molecular formula is C20H25ClN4O3S. The molecule has 0 aliphatic rings. The first kappa shape index (κ1) is 21.8. The molecule has 3 aromatic rings. The van der Waals surface area contributed by atoms with Crippen LogP contribution < -0.4 is 5.56 Å². The van der Waals surface area contributed by atoms with Gasteiger partial charge in [0, 0.05) is 31.2 Å². The summed E-state index contributed by atoms with van der Waals surface area (Å²) in [7, 11) is 0. The molecular weight excluding hydrogens is 412 g/mol. The standard InChI is InChI=1S/C20H25ClN4O3S/c1-4-27-9-5-8-25-19(26)15-7-6-14(21)11-16(15)22-20(25)29-12-17-23-18(28-24-17)10-13(2)3/h6-7,11,13H,4-5,8-10,12H2,1-3H3. The van der Waals surface area contributed by atoms with E-state index in [9.17, 15) is 4.79 Å². The Morgan fingerprint density at radius 2 is 2.14 bits per heavy atom. The number of fused-ring (bicyclic) bond motifs is 1. The molecule has 0 aliphatic carbocycles. The van der Waals surface area contributed by atoms with Gasteiger partial charge in [-0.2, -0.15) is 4.98 Å². The number of thioether (sulfide) groups is 1. The maximum Gasteiger partial charge on any atom is 0.262 e. The molecule has 0 bridgehead atoms. The third-order valence-corrected chi connectivity index (χ3v) is 5.39. The van der Waals surface area contributed by atoms with Crippen LogP contribution in [0, 0.1) is 5.92 Å². The van der Waals surface area contributed by atoms with Crippen molar-refractivity contribution >= 4 is 34.3 Å². The molecule has 0 amide bonds. The van der Waals surface area contributed by atoms with E-state index in [0.717, 1.165) is 12.8 Å². The average molecular weight is 437 g/mol. The number of rotatable bonds is 10. The summed E-state index contributed by atoms with van der Waals surface area (Å²) < 4.78 is 12.4. The van der Waals surface area contributed by atoms with E-state index in [1.807, 2.05) is 6.92 Å². The van der Waals surface area contributed by atoms with Crippen molar-refractivity contribution in [3.8, 4) is 0 Å². The second-order valence-electron chi connectivity index (χ2n) is 7.05. The molecule has 2 heterocycles. The fourth-order valence-electron chi connectivity index (χ4n) is 2.86. The predicted octanol–water partition coefficient (Wildman–Crippen LogP) is 4.35. The smallest absolute Gasteiger partial charge is 0.262 e. The summed E-state index contributed by atoms with van der Waals surface area (Å²) in [5.74, 6) is 2.12. The minimum Gasteiger partial charge on any atom is -0.382 e. The third kappa shape index (κ3) is 5.81. The van der Waals surface area contributed by atoms with Gasteiger partial charge in [-0.1, -0.05) is 42.4 Å². The van der Waals surface area contributed by atoms with E-state index in [4.69, 9.17) is 20.9 Å². The third-order valence-electron chi connectivity index (χ3n) is 4.18. The van der Waals surface area contributed by atoms with Gasteiger partial charge in [0.25, 0.3) is 5.56 Å². The maximum atomic E-state index is 13.0. The average Bonchev–Trinajstić information content (AvgIpc) is 3.11. The van der Waals surface area contributed by atoms with Crippen LogP contribution in [0.15, 0.2) is 32.7 Å². The number of halogens is 1. The lowest BCUT2D eigenvalue weighted by atomic mass is 10.1. The van der Waals surface area contributed by atoms with Crippen molar-refractivity contribution in [3.05, 3.63) is 45.3 Å². The van der Waals surface area contributed by atoms with Gasteiger partial charge in [0.1, 0.15) is 0 Å². The second kappa shape index (κ2) is 10.2. The zero-order valence-electron chi connectivity index (χ0n) is 16.9. The summed E-state index contributed by atoms with van der Waals surface area (Å²) in [6, 6.07) is 5.14. The normalized spacial score (nSPS) is 11.6. The number of benzene rings is 1. The molecule has 0 unspecified atom stereocenters. The van der Waals surface area contributed by atoms with Crippen molar-refractivity contribution in [3.63, 3.8) is 0 Å². The predicted molar refractivity (Wildman–Crippen MR) is 115 cm³/mol. The van der Waals surface area contributed by atoms with Crippen molar-refractivity contribution in [2.45, 2.75) is 51.1 Å². The Kier molecular flexibility index (Phi) is 7.69. The zero-order chi connectivity index (χ0) is 20.8. The van der Waals surface area contributed by atoms with Crippen molar-refractivity contribution in [1.82, 2.24) is 19.7 Å². The molecule has 0 radical (unpaired) electrons. The summed E-state index contributed by atoms with van der Waals surface area (Å²) >= 11 is 7.51. The van der Waals surface area contributed by atoms with Crippen LogP contribution in [0.1, 0.15) is 38.9 Å². The fraction of sp³-hybridized carbons (Fsp3) is 0.500. The molecule has 0 atom stereocenters. The Labute approximate surface area is 178 Å². The highest BCUT2D eigenvalue weighted by Crippen LogP contribution is 2.23. The summed E-state index contributed by atoms with van der Waals surface area (Å²) in [4.78, 5) is 22.1. The fourth-order valence-corrected chi connectivity index (χ4v) is 3.90. The van der Waals surface area contributed by atoms with E-state index in [1.54, 1.807) is 22.8 Å². The lowest BCUT2D eigenvalue weighted by Crippen LogP contribution is -2.24. The summed E-state index contributed by atoms with van der Waals surface area (Å²) in [5, 5.41) is 5.74. The quantitative estimate of drug-likeness (QED) is 0.265. The molecule has 156 valence electrons. The van der Waals surface area contributed by atoms with E-state index in [-0.39, 0.29) is 5.56 Å². The first-order valence-electron chi connectivity index (χ1n) is 9.70. The Hall–Kier alpha value is -1.90. The van der Waals surface area contributed by atoms with Crippen LogP contribution >= 0.6 is 23.4 Å². The first-order chi connectivity index (χ1) is 14.0. The number of nitrogens with zero attached hydrogens (tertiary/aromatic N) is 4. The molecule has 9 heteroatoms. The van der Waals surface area contributed by atoms with E-state index in [1.165, 1.54) is 11.8 Å². The van der Waals surface area contributed by atoms with Crippen molar-refractivity contribution in [2.24, 2.45) is 5.92 Å². The summed E-state index contributed by atoms with van der Waals surface area (Å²) in [6.07, 6.45) is 1.47. The highest BCUT2D eigenvalue weighted by atomic mass is 35.5. The minimum absolute atomic E-state index is 0.0840. The lowest BCUT2D eigenvalue weighted by Gasteiger charge is -2.12. The molecule has 29 heavy (non-hydrogen) atoms. The van der Waals surface area contributed by atoms with Gasteiger partial charge in [-0.3, -0.25) is 9.36 Å². The number of hydrogen-bond donors (Lipinski definition) is 0. The monoisotopic (exact) mass is 436 g/mol. The molecule has 1 aromatic carbocycles. The van der Waals surface area contributed by atoms with Gasteiger partial charge in [0.2, 0.25) is 5.89 Å². The van der Waals surface area contributed by atoms with Gasteiger partial charge in [-0.05, 0) is 37.5 Å². The van der Waals surface area contributed by atoms with Gasteiger partial charge in [0.15, 0.2) is 11.0 Å². The zero-order valence-corrected chi connectivity index (χ0v) is 18.4. The SMILES string of the molecule is CCOCCCn1c(SCc2noc(CC(C)C)n2)nc2cc(Cl)ccc2c1=O. The molecule has 0 N–H and O–H groups in total. The molecule has 0 aliphatic heterocycles. The van der Waals surface area contributed by atoms with E-state index in [2.05, 4.69) is 29.0 Å². The van der Waals surface area contributed by atoms with Crippen molar-refractivity contribution in [1.29, 1.82) is 0 Å². The Morgan fingerprint density at radius 3 is 2.90 bits per heavy atom. The molecule has 0 saturated carbocycles. The van der Waals surface area contributed by atoms with Crippen LogP contribution in [0.5, 0.6) is 0 Å². The summed E-state index contributed by atoms with van der Waals surface area (Å²) in [6.45, 7) is 7.93. The van der Waals surface area contributed by atoms with Crippen LogP contribution in [0.2, 0.25) is 5.02 Å². The van der Waals surface area contributed by atoms with E-state index >= 15 is 0 Å². The highest BCUT2D eigenvalue weighted by Gasteiger charge is 2.14.